The molecule has 1 aliphatic carbocycles. The lowest BCUT2D eigenvalue weighted by Crippen LogP contribution is -2.31. The van der Waals surface area contributed by atoms with Gasteiger partial charge in [-0.1, -0.05) is 121 Å². The minimum atomic E-state index is 0.213. The summed E-state index contributed by atoms with van der Waals surface area (Å²) in [5.74, 6) is 0.430. The predicted molar refractivity (Wildman–Crippen MR) is 233 cm³/mol. The number of fused-ring (bicyclic) bond motifs is 7. The van der Waals surface area contributed by atoms with Crippen molar-refractivity contribution < 1.29 is 0 Å². The number of anilines is 2. The number of para-hydroxylation sites is 3. The van der Waals surface area contributed by atoms with E-state index in [-0.39, 0.29) is 6.04 Å². The van der Waals surface area contributed by atoms with E-state index >= 15 is 0 Å². The van der Waals surface area contributed by atoms with E-state index in [0.29, 0.717) is 5.92 Å². The molecule has 8 aromatic carbocycles. The van der Waals surface area contributed by atoms with E-state index in [1.165, 1.54) is 77.0 Å². The van der Waals surface area contributed by atoms with Crippen molar-refractivity contribution in [3.63, 3.8) is 0 Å². The number of rotatable bonds is 6. The molecule has 10 aromatic rings. The monoisotopic (exact) mass is 705 g/mol. The quantitative estimate of drug-likeness (QED) is 0.157. The number of nitrogens with zero attached hydrogens (tertiary/aromatic N) is 3. The third-order valence-corrected chi connectivity index (χ3v) is 11.8. The van der Waals surface area contributed by atoms with Crippen LogP contribution in [0, 0.1) is 0 Å². The van der Waals surface area contributed by atoms with Crippen molar-refractivity contribution in [3.05, 3.63) is 206 Å². The molecule has 0 saturated carbocycles. The minimum Gasteiger partial charge on any atom is -0.335 e. The number of hydrogen-bond donors (Lipinski definition) is 0. The summed E-state index contributed by atoms with van der Waals surface area (Å²) in [7, 11) is 0. The van der Waals surface area contributed by atoms with Gasteiger partial charge in [0, 0.05) is 50.2 Å². The first-order chi connectivity index (χ1) is 27.3. The molecule has 2 atom stereocenters. The van der Waals surface area contributed by atoms with Gasteiger partial charge in [-0.3, -0.25) is 0 Å². The van der Waals surface area contributed by atoms with Crippen molar-refractivity contribution in [2.45, 2.75) is 24.8 Å². The molecule has 0 bridgehead atoms. The van der Waals surface area contributed by atoms with Crippen LogP contribution in [-0.4, -0.2) is 15.2 Å². The third-order valence-electron chi connectivity index (χ3n) is 11.8. The van der Waals surface area contributed by atoms with Gasteiger partial charge in [0.2, 0.25) is 0 Å². The molecule has 0 aliphatic heterocycles. The molecule has 262 valence electrons. The lowest BCUT2D eigenvalue weighted by molar-refractivity contribution is 0.586. The van der Waals surface area contributed by atoms with Gasteiger partial charge in [0.1, 0.15) is 0 Å². The molecule has 3 heteroatoms. The Morgan fingerprint density at radius 3 is 1.62 bits per heavy atom. The van der Waals surface area contributed by atoms with E-state index in [1.54, 1.807) is 0 Å². The van der Waals surface area contributed by atoms with E-state index in [9.17, 15) is 0 Å². The van der Waals surface area contributed by atoms with Gasteiger partial charge < -0.3 is 14.0 Å². The smallest absolute Gasteiger partial charge is 0.0547 e. The van der Waals surface area contributed by atoms with Crippen molar-refractivity contribution >= 4 is 65.8 Å². The SMILES string of the molecule is C1=CC(N(c2ccc(-n3c4ccccc4c4cc5ccccc5cc43)cc2)c2ccc3c(c2)c2ccccc2n3-c2ccccc2)CCC1c1ccccc1. The van der Waals surface area contributed by atoms with E-state index in [2.05, 4.69) is 214 Å². The molecule has 0 spiro atoms. The van der Waals surface area contributed by atoms with E-state index in [1.807, 2.05) is 0 Å². The highest BCUT2D eigenvalue weighted by molar-refractivity contribution is 6.14. The van der Waals surface area contributed by atoms with Crippen LogP contribution in [0.2, 0.25) is 0 Å². The zero-order chi connectivity index (χ0) is 36.3. The van der Waals surface area contributed by atoms with Crippen molar-refractivity contribution in [2.75, 3.05) is 4.90 Å². The Labute approximate surface area is 320 Å². The lowest BCUT2D eigenvalue weighted by Gasteiger charge is -2.35. The van der Waals surface area contributed by atoms with Crippen molar-refractivity contribution in [3.8, 4) is 11.4 Å². The Hall–Kier alpha value is -6.84. The van der Waals surface area contributed by atoms with Gasteiger partial charge in [-0.05, 0) is 108 Å². The van der Waals surface area contributed by atoms with Crippen LogP contribution in [0.25, 0.3) is 65.8 Å². The van der Waals surface area contributed by atoms with E-state index in [0.717, 1.165) is 18.5 Å². The summed E-state index contributed by atoms with van der Waals surface area (Å²) in [5, 5.41) is 7.60. The zero-order valence-electron chi connectivity index (χ0n) is 30.5. The highest BCUT2D eigenvalue weighted by atomic mass is 15.2. The molecule has 0 amide bonds. The normalized spacial score (nSPS) is 15.8. The van der Waals surface area contributed by atoms with Gasteiger partial charge in [0.15, 0.2) is 0 Å². The van der Waals surface area contributed by atoms with Gasteiger partial charge >= 0.3 is 0 Å². The third kappa shape index (κ3) is 5.26. The van der Waals surface area contributed by atoms with Gasteiger partial charge in [0.25, 0.3) is 0 Å². The molecule has 11 rings (SSSR count). The Bertz CT molecular complexity index is 3040. The van der Waals surface area contributed by atoms with Gasteiger partial charge in [-0.2, -0.15) is 0 Å². The van der Waals surface area contributed by atoms with E-state index in [4.69, 9.17) is 0 Å². The Morgan fingerprint density at radius 2 is 0.927 bits per heavy atom. The molecule has 0 fully saturated rings. The van der Waals surface area contributed by atoms with Crippen LogP contribution in [0.3, 0.4) is 0 Å². The minimum absolute atomic E-state index is 0.213. The average molecular weight is 706 g/mol. The summed E-state index contributed by atoms with van der Waals surface area (Å²) in [4.78, 5) is 2.56. The number of aromatic nitrogens is 2. The highest BCUT2D eigenvalue weighted by Gasteiger charge is 2.25. The second-order valence-corrected chi connectivity index (χ2v) is 14.9. The first-order valence-electron chi connectivity index (χ1n) is 19.4. The predicted octanol–water partition coefficient (Wildman–Crippen LogP) is 13.7. The molecule has 0 N–H and O–H groups in total. The second-order valence-electron chi connectivity index (χ2n) is 14.9. The molecule has 2 aromatic heterocycles. The van der Waals surface area contributed by atoms with Crippen LogP contribution in [0.5, 0.6) is 0 Å². The van der Waals surface area contributed by atoms with Crippen LogP contribution < -0.4 is 4.90 Å². The zero-order valence-corrected chi connectivity index (χ0v) is 30.5. The molecule has 0 radical (unpaired) electrons. The Morgan fingerprint density at radius 1 is 0.382 bits per heavy atom. The van der Waals surface area contributed by atoms with Crippen molar-refractivity contribution in [1.82, 2.24) is 9.13 Å². The molecule has 55 heavy (non-hydrogen) atoms. The fourth-order valence-electron chi connectivity index (χ4n) is 9.19. The molecule has 0 saturated heterocycles. The maximum Gasteiger partial charge on any atom is 0.0547 e. The topological polar surface area (TPSA) is 13.1 Å². The lowest BCUT2D eigenvalue weighted by atomic mass is 9.86. The summed E-state index contributed by atoms with van der Waals surface area (Å²) in [5.41, 5.74) is 11.0. The number of benzene rings is 8. The molecule has 1 aliphatic rings. The largest absolute Gasteiger partial charge is 0.335 e. The highest BCUT2D eigenvalue weighted by Crippen LogP contribution is 2.41. The van der Waals surface area contributed by atoms with Gasteiger partial charge in [-0.25, -0.2) is 0 Å². The van der Waals surface area contributed by atoms with Gasteiger partial charge in [0.05, 0.1) is 28.1 Å². The Kier molecular flexibility index (Phi) is 7.44. The average Bonchev–Trinajstić information content (AvgIpc) is 3.76. The summed E-state index contributed by atoms with van der Waals surface area (Å²) >= 11 is 0. The standard InChI is InChI=1S/C52H39N3/c1-3-13-36(14-4-1)37-23-25-41(26-24-37)53(44-31-32-51-48(35-44)46-20-10-11-21-49(46)54(51)40-17-5-2-6-18-40)42-27-29-43(30-28-42)55-50-22-12-9-19-45(50)47-33-38-15-7-8-16-39(38)34-52(47)55/h1-23,25,27-35,37,41H,24,26H2. The molecule has 3 nitrogen and oxygen atoms in total. The second kappa shape index (κ2) is 12.9. The van der Waals surface area contributed by atoms with Crippen LogP contribution in [-0.2, 0) is 0 Å². The number of allylic oxidation sites excluding steroid dienone is 1. The van der Waals surface area contributed by atoms with Crippen LogP contribution in [0.1, 0.15) is 24.3 Å². The van der Waals surface area contributed by atoms with Crippen molar-refractivity contribution in [1.29, 1.82) is 0 Å². The first-order valence-corrected chi connectivity index (χ1v) is 19.4. The van der Waals surface area contributed by atoms with Gasteiger partial charge in [-0.15, -0.1) is 0 Å². The Balaban J connectivity index is 1.06. The van der Waals surface area contributed by atoms with Crippen LogP contribution in [0.4, 0.5) is 11.4 Å². The van der Waals surface area contributed by atoms with Crippen LogP contribution in [0.15, 0.2) is 200 Å². The molecule has 2 unspecified atom stereocenters. The molecular formula is C52H39N3. The summed E-state index contributed by atoms with van der Waals surface area (Å²) in [6.45, 7) is 0. The molecule has 2 heterocycles. The fraction of sp³-hybridized carbons (Fsp3) is 0.0769. The first kappa shape index (κ1) is 31.7. The molecular weight excluding hydrogens is 667 g/mol. The summed E-state index contributed by atoms with van der Waals surface area (Å²) < 4.78 is 4.83. The summed E-state index contributed by atoms with van der Waals surface area (Å²) in [6, 6.07) is 69.2. The van der Waals surface area contributed by atoms with Crippen molar-refractivity contribution in [2.24, 2.45) is 0 Å². The maximum absolute atomic E-state index is 2.56. The maximum atomic E-state index is 2.56. The summed E-state index contributed by atoms with van der Waals surface area (Å²) in [6.07, 6.45) is 7.05. The van der Waals surface area contributed by atoms with Crippen LogP contribution >= 0.6 is 0 Å². The number of hydrogen-bond acceptors (Lipinski definition) is 1. The fourth-order valence-corrected chi connectivity index (χ4v) is 9.19. The van der Waals surface area contributed by atoms with E-state index < -0.39 is 0 Å².